The third kappa shape index (κ3) is 3.92. The number of morpholine rings is 1. The number of nitrogens with one attached hydrogen (secondary N) is 1. The average molecular weight is 450 g/mol. The Morgan fingerprint density at radius 2 is 2.06 bits per heavy atom. The minimum Gasteiger partial charge on any atom is -0.459 e. The summed E-state index contributed by atoms with van der Waals surface area (Å²) in [5.74, 6) is 0.924. The van der Waals surface area contributed by atoms with Crippen molar-refractivity contribution in [1.29, 1.82) is 0 Å². The molecule has 1 saturated heterocycles. The van der Waals surface area contributed by atoms with Gasteiger partial charge in [-0.15, -0.1) is 11.3 Å². The molecule has 32 heavy (non-hydrogen) atoms. The van der Waals surface area contributed by atoms with Crippen LogP contribution in [0.3, 0.4) is 0 Å². The van der Waals surface area contributed by atoms with Gasteiger partial charge in [-0.3, -0.25) is 9.69 Å². The van der Waals surface area contributed by atoms with Crippen LogP contribution < -0.4 is 5.32 Å². The molecule has 3 aromatic heterocycles. The van der Waals surface area contributed by atoms with E-state index in [0.717, 1.165) is 39.1 Å². The Hall–Kier alpha value is -2.74. The Kier molecular flexibility index (Phi) is 5.71. The molecule has 1 fully saturated rings. The van der Waals surface area contributed by atoms with Gasteiger partial charge in [-0.05, 0) is 38.5 Å². The van der Waals surface area contributed by atoms with E-state index in [1.54, 1.807) is 6.20 Å². The van der Waals surface area contributed by atoms with Gasteiger partial charge in [0.1, 0.15) is 21.1 Å². The number of ether oxygens (including phenoxy) is 1. The fraction of sp³-hybridized carbons (Fsp3) is 0.360. The van der Waals surface area contributed by atoms with Crippen LogP contribution in [-0.4, -0.2) is 41.5 Å². The summed E-state index contributed by atoms with van der Waals surface area (Å²) in [6, 6.07) is 12.2. The number of amides is 1. The summed E-state index contributed by atoms with van der Waals surface area (Å²) in [7, 11) is 0. The van der Waals surface area contributed by atoms with E-state index in [1.807, 2.05) is 44.2 Å². The first-order valence-electron chi connectivity index (χ1n) is 11.0. The van der Waals surface area contributed by atoms with Gasteiger partial charge in [-0.25, -0.2) is 4.98 Å². The van der Waals surface area contributed by atoms with Crippen molar-refractivity contribution < 1.29 is 13.9 Å². The predicted molar refractivity (Wildman–Crippen MR) is 127 cm³/mol. The van der Waals surface area contributed by atoms with Crippen LogP contribution in [0.15, 0.2) is 47.0 Å². The van der Waals surface area contributed by atoms with Crippen molar-refractivity contribution in [3.63, 3.8) is 0 Å². The highest BCUT2D eigenvalue weighted by Gasteiger charge is 2.31. The fourth-order valence-corrected chi connectivity index (χ4v) is 5.46. The largest absolute Gasteiger partial charge is 0.459 e. The van der Waals surface area contributed by atoms with Gasteiger partial charge >= 0.3 is 0 Å². The second-order valence-corrected chi connectivity index (χ2v) is 9.57. The van der Waals surface area contributed by atoms with Gasteiger partial charge in [0.2, 0.25) is 0 Å². The molecule has 0 saturated carbocycles. The van der Waals surface area contributed by atoms with Gasteiger partial charge in [-0.1, -0.05) is 24.3 Å². The summed E-state index contributed by atoms with van der Waals surface area (Å²) >= 11 is 1.44. The maximum Gasteiger partial charge on any atom is 0.262 e. The number of hydrogen-bond donors (Lipinski definition) is 1. The standard InChI is InChI=1S/C25H27N3O3S/c1-15(2)27-24(29)23-22(18-8-6-10-26-25(18)32-23)21-14-28(11-12-30-21)13-20-16(3)17-7-4-5-9-19(17)31-20/h4-10,15,21H,11-14H2,1-3H3,(H,27,29)/t21-/m0/s1. The number of carbonyl (C=O) groups is 1. The second kappa shape index (κ2) is 8.65. The third-order valence-electron chi connectivity index (χ3n) is 5.91. The predicted octanol–water partition coefficient (Wildman–Crippen LogP) is 5.06. The number of para-hydroxylation sites is 1. The Balaban J connectivity index is 1.45. The highest BCUT2D eigenvalue weighted by molar-refractivity contribution is 7.20. The van der Waals surface area contributed by atoms with Gasteiger partial charge in [0, 0.05) is 41.7 Å². The summed E-state index contributed by atoms with van der Waals surface area (Å²) in [4.78, 5) is 21.4. The van der Waals surface area contributed by atoms with Crippen LogP contribution in [0.4, 0.5) is 0 Å². The van der Waals surface area contributed by atoms with Crippen LogP contribution in [0.1, 0.15) is 46.5 Å². The number of benzene rings is 1. The van der Waals surface area contributed by atoms with E-state index in [-0.39, 0.29) is 18.1 Å². The maximum atomic E-state index is 13.0. The first-order chi connectivity index (χ1) is 15.5. The van der Waals surface area contributed by atoms with E-state index >= 15 is 0 Å². The quantitative estimate of drug-likeness (QED) is 0.461. The first kappa shape index (κ1) is 21.1. The first-order valence-corrected chi connectivity index (χ1v) is 11.8. The lowest BCUT2D eigenvalue weighted by molar-refractivity contribution is -0.0340. The Bertz CT molecular complexity index is 1280. The van der Waals surface area contributed by atoms with Gasteiger partial charge in [0.05, 0.1) is 19.3 Å². The summed E-state index contributed by atoms with van der Waals surface area (Å²) in [6.45, 7) is 8.89. The molecule has 1 aliphatic rings. The Morgan fingerprint density at radius 3 is 2.88 bits per heavy atom. The Morgan fingerprint density at radius 1 is 1.25 bits per heavy atom. The molecule has 7 heteroatoms. The molecule has 166 valence electrons. The van der Waals surface area contributed by atoms with E-state index in [9.17, 15) is 4.79 Å². The molecule has 0 radical (unpaired) electrons. The number of nitrogens with zero attached hydrogens (tertiary/aromatic N) is 2. The summed E-state index contributed by atoms with van der Waals surface area (Å²) in [5.41, 5.74) is 3.06. The van der Waals surface area contributed by atoms with E-state index in [0.29, 0.717) is 24.6 Å². The molecule has 1 N–H and O–H groups in total. The van der Waals surface area contributed by atoms with Gasteiger partial charge in [-0.2, -0.15) is 0 Å². The summed E-state index contributed by atoms with van der Waals surface area (Å²) in [6.07, 6.45) is 1.57. The monoisotopic (exact) mass is 449 g/mol. The van der Waals surface area contributed by atoms with Gasteiger partial charge in [0.25, 0.3) is 5.91 Å². The minimum atomic E-state index is -0.195. The fourth-order valence-electron chi connectivity index (χ4n) is 4.37. The summed E-state index contributed by atoms with van der Waals surface area (Å²) < 4.78 is 12.4. The SMILES string of the molecule is Cc1c(CN2CCO[C@H](c3c(C(=O)NC(C)C)sc4ncccc34)C2)oc2ccccc12. The maximum absolute atomic E-state index is 13.0. The van der Waals surface area contributed by atoms with E-state index in [4.69, 9.17) is 9.15 Å². The Labute approximate surface area is 191 Å². The van der Waals surface area contributed by atoms with Crippen molar-refractivity contribution in [3.05, 3.63) is 64.4 Å². The zero-order valence-electron chi connectivity index (χ0n) is 18.6. The smallest absolute Gasteiger partial charge is 0.262 e. The van der Waals surface area contributed by atoms with Crippen molar-refractivity contribution in [2.75, 3.05) is 19.7 Å². The van der Waals surface area contributed by atoms with Crippen LogP contribution >= 0.6 is 11.3 Å². The topological polar surface area (TPSA) is 67.6 Å². The van der Waals surface area contributed by atoms with Crippen LogP contribution in [0.25, 0.3) is 21.2 Å². The number of hydrogen-bond acceptors (Lipinski definition) is 6. The van der Waals surface area contributed by atoms with Crippen molar-refractivity contribution in [3.8, 4) is 0 Å². The third-order valence-corrected chi connectivity index (χ3v) is 7.04. The molecule has 4 heterocycles. The minimum absolute atomic E-state index is 0.0631. The zero-order chi connectivity index (χ0) is 22.2. The number of aromatic nitrogens is 1. The molecule has 1 atom stereocenters. The number of furan rings is 1. The molecular weight excluding hydrogens is 422 g/mol. The zero-order valence-corrected chi connectivity index (χ0v) is 19.4. The van der Waals surface area contributed by atoms with Crippen LogP contribution in [0.2, 0.25) is 0 Å². The lowest BCUT2D eigenvalue weighted by Gasteiger charge is -2.33. The number of carbonyl (C=O) groups excluding carboxylic acids is 1. The normalized spacial score (nSPS) is 17.4. The van der Waals surface area contributed by atoms with Crippen LogP contribution in [0, 0.1) is 6.92 Å². The van der Waals surface area contributed by atoms with Crippen LogP contribution in [-0.2, 0) is 11.3 Å². The highest BCUT2D eigenvalue weighted by Crippen LogP contribution is 2.38. The van der Waals surface area contributed by atoms with Gasteiger partial charge in [0.15, 0.2) is 0 Å². The molecule has 6 nitrogen and oxygen atoms in total. The molecule has 0 spiro atoms. The molecule has 1 amide bonds. The van der Waals surface area contributed by atoms with Gasteiger partial charge < -0.3 is 14.5 Å². The lowest BCUT2D eigenvalue weighted by Crippen LogP contribution is -2.38. The van der Waals surface area contributed by atoms with E-state index in [1.165, 1.54) is 16.9 Å². The number of fused-ring (bicyclic) bond motifs is 2. The van der Waals surface area contributed by atoms with Crippen LogP contribution in [0.5, 0.6) is 0 Å². The number of aryl methyl sites for hydroxylation is 1. The van der Waals surface area contributed by atoms with Crippen molar-refractivity contribution in [2.45, 2.75) is 39.5 Å². The molecule has 0 aliphatic carbocycles. The highest BCUT2D eigenvalue weighted by atomic mass is 32.1. The molecule has 0 unspecified atom stereocenters. The molecule has 5 rings (SSSR count). The molecule has 1 aliphatic heterocycles. The molecule has 1 aromatic carbocycles. The van der Waals surface area contributed by atoms with Crippen molar-refractivity contribution in [2.24, 2.45) is 0 Å². The molecule has 0 bridgehead atoms. The molecular formula is C25H27N3O3S. The van der Waals surface area contributed by atoms with E-state index < -0.39 is 0 Å². The number of thiophene rings is 1. The molecule has 4 aromatic rings. The average Bonchev–Trinajstić information content (AvgIpc) is 3.32. The number of pyridine rings is 1. The second-order valence-electron chi connectivity index (χ2n) is 8.57. The van der Waals surface area contributed by atoms with E-state index in [2.05, 4.69) is 28.2 Å². The summed E-state index contributed by atoms with van der Waals surface area (Å²) in [5, 5.41) is 5.19. The van der Waals surface area contributed by atoms with Crippen molar-refractivity contribution in [1.82, 2.24) is 15.2 Å². The van der Waals surface area contributed by atoms with Crippen molar-refractivity contribution >= 4 is 38.4 Å². The number of rotatable bonds is 5. The lowest BCUT2D eigenvalue weighted by atomic mass is 10.0.